The minimum absolute atomic E-state index is 0.812. The third-order valence-corrected chi connectivity index (χ3v) is 4.02. The zero-order valence-corrected chi connectivity index (χ0v) is 13.6. The molecule has 0 saturated carbocycles. The summed E-state index contributed by atoms with van der Waals surface area (Å²) in [7, 11) is 0. The van der Waals surface area contributed by atoms with Gasteiger partial charge in [0.1, 0.15) is 11.6 Å². The monoisotopic (exact) mass is 312 g/mol. The van der Waals surface area contributed by atoms with E-state index >= 15 is 0 Å². The molecule has 23 heavy (non-hydrogen) atoms. The van der Waals surface area contributed by atoms with Gasteiger partial charge in [-0.15, -0.1) is 0 Å². The smallest absolute Gasteiger partial charge is 0.227 e. The summed E-state index contributed by atoms with van der Waals surface area (Å²) < 4.78 is 0. The van der Waals surface area contributed by atoms with E-state index in [9.17, 15) is 0 Å². The van der Waals surface area contributed by atoms with Crippen LogP contribution in [0.1, 0.15) is 19.8 Å². The summed E-state index contributed by atoms with van der Waals surface area (Å²) in [4.78, 5) is 18.0. The Morgan fingerprint density at radius 1 is 1.00 bits per heavy atom. The fourth-order valence-corrected chi connectivity index (χ4v) is 2.67. The first-order valence-corrected chi connectivity index (χ1v) is 8.34. The molecule has 1 saturated heterocycles. The molecule has 0 radical (unpaired) electrons. The molecule has 0 aromatic carbocycles. The topological polar surface area (TPSA) is 57.2 Å². The molecule has 6 nitrogen and oxygen atoms in total. The van der Waals surface area contributed by atoms with Gasteiger partial charge in [0.15, 0.2) is 0 Å². The highest BCUT2D eigenvalue weighted by Crippen LogP contribution is 2.17. The molecular formula is C17H24N6. The number of pyridine rings is 1. The summed E-state index contributed by atoms with van der Waals surface area (Å²) in [6.45, 7) is 6.85. The molecule has 1 N–H and O–H groups in total. The maximum absolute atomic E-state index is 4.64. The number of hydrogen-bond acceptors (Lipinski definition) is 6. The Kier molecular flexibility index (Phi) is 5.24. The van der Waals surface area contributed by atoms with Crippen LogP contribution in [0.5, 0.6) is 0 Å². The first kappa shape index (κ1) is 15.5. The Bertz CT molecular complexity index is 595. The third kappa shape index (κ3) is 4.09. The van der Waals surface area contributed by atoms with E-state index in [2.05, 4.69) is 43.1 Å². The summed E-state index contributed by atoms with van der Waals surface area (Å²) >= 11 is 0. The molecule has 1 fully saturated rings. The molecule has 6 heteroatoms. The Labute approximate surface area is 137 Å². The number of aromatic nitrogens is 3. The number of hydrogen-bond donors (Lipinski definition) is 1. The number of unbranched alkanes of at least 4 members (excludes halogenated alkanes) is 1. The molecule has 2 aromatic heterocycles. The molecule has 1 aliphatic heterocycles. The van der Waals surface area contributed by atoms with E-state index in [0.29, 0.717) is 0 Å². The van der Waals surface area contributed by atoms with Crippen LogP contribution in [0.3, 0.4) is 0 Å². The SMILES string of the molecule is CCCCNc1ccnc(N2CCN(c3ccccn3)CC2)n1. The van der Waals surface area contributed by atoms with Gasteiger partial charge < -0.3 is 15.1 Å². The number of piperazine rings is 1. The molecule has 3 heterocycles. The maximum Gasteiger partial charge on any atom is 0.227 e. The molecule has 0 bridgehead atoms. The van der Waals surface area contributed by atoms with Gasteiger partial charge >= 0.3 is 0 Å². The molecule has 0 aliphatic carbocycles. The predicted octanol–water partition coefficient (Wildman–Crippen LogP) is 2.41. The average Bonchev–Trinajstić information content (AvgIpc) is 2.63. The van der Waals surface area contributed by atoms with Gasteiger partial charge in [0.2, 0.25) is 5.95 Å². The van der Waals surface area contributed by atoms with Crippen molar-refractivity contribution in [1.29, 1.82) is 0 Å². The highest BCUT2D eigenvalue weighted by Gasteiger charge is 2.19. The van der Waals surface area contributed by atoms with Crippen LogP contribution in [0.25, 0.3) is 0 Å². The van der Waals surface area contributed by atoms with Gasteiger partial charge in [-0.2, -0.15) is 4.98 Å². The number of rotatable bonds is 6. The largest absolute Gasteiger partial charge is 0.370 e. The van der Waals surface area contributed by atoms with Crippen molar-refractivity contribution in [3.63, 3.8) is 0 Å². The Morgan fingerprint density at radius 2 is 1.83 bits per heavy atom. The van der Waals surface area contributed by atoms with Crippen molar-refractivity contribution in [3.8, 4) is 0 Å². The van der Waals surface area contributed by atoms with Crippen LogP contribution in [0.2, 0.25) is 0 Å². The summed E-state index contributed by atoms with van der Waals surface area (Å²) in [6.07, 6.45) is 6.01. The fourth-order valence-electron chi connectivity index (χ4n) is 2.67. The second-order valence-corrected chi connectivity index (χ2v) is 5.68. The van der Waals surface area contributed by atoms with Crippen LogP contribution >= 0.6 is 0 Å². The quantitative estimate of drug-likeness (QED) is 0.827. The van der Waals surface area contributed by atoms with Gasteiger partial charge in [0, 0.05) is 45.1 Å². The van der Waals surface area contributed by atoms with Crippen molar-refractivity contribution in [3.05, 3.63) is 36.7 Å². The summed E-state index contributed by atoms with van der Waals surface area (Å²) in [5, 5.41) is 3.36. The lowest BCUT2D eigenvalue weighted by Crippen LogP contribution is -2.47. The number of nitrogens with one attached hydrogen (secondary N) is 1. The van der Waals surface area contributed by atoms with Crippen LogP contribution in [-0.4, -0.2) is 47.7 Å². The highest BCUT2D eigenvalue weighted by molar-refractivity contribution is 5.44. The number of anilines is 3. The van der Waals surface area contributed by atoms with Crippen LogP contribution in [0.4, 0.5) is 17.6 Å². The Hall–Kier alpha value is -2.37. The highest BCUT2D eigenvalue weighted by atomic mass is 15.3. The molecule has 122 valence electrons. The Balaban J connectivity index is 1.58. The van der Waals surface area contributed by atoms with E-state index in [1.165, 1.54) is 6.42 Å². The average molecular weight is 312 g/mol. The van der Waals surface area contributed by atoms with Gasteiger partial charge in [-0.1, -0.05) is 19.4 Å². The fraction of sp³-hybridized carbons (Fsp3) is 0.471. The molecule has 1 aliphatic rings. The van der Waals surface area contributed by atoms with Crippen LogP contribution < -0.4 is 15.1 Å². The second-order valence-electron chi connectivity index (χ2n) is 5.68. The Morgan fingerprint density at radius 3 is 2.57 bits per heavy atom. The van der Waals surface area contributed by atoms with Crippen molar-refractivity contribution in [2.75, 3.05) is 47.8 Å². The molecule has 0 atom stereocenters. The molecule has 2 aromatic rings. The van der Waals surface area contributed by atoms with E-state index in [1.54, 1.807) is 0 Å². The minimum Gasteiger partial charge on any atom is -0.370 e. The van der Waals surface area contributed by atoms with E-state index < -0.39 is 0 Å². The standard InChI is InChI=1S/C17H24N6/c1-2-3-8-18-15-7-10-20-17(21-15)23-13-11-22(12-14-23)16-6-4-5-9-19-16/h4-7,9-10H,2-3,8,11-14H2,1H3,(H,18,20,21). The van der Waals surface area contributed by atoms with Crippen LogP contribution in [-0.2, 0) is 0 Å². The van der Waals surface area contributed by atoms with E-state index in [-0.39, 0.29) is 0 Å². The second kappa shape index (κ2) is 7.76. The van der Waals surface area contributed by atoms with Crippen molar-refractivity contribution in [2.45, 2.75) is 19.8 Å². The summed E-state index contributed by atoms with van der Waals surface area (Å²) in [5.74, 6) is 2.77. The van der Waals surface area contributed by atoms with Crippen molar-refractivity contribution in [2.24, 2.45) is 0 Å². The minimum atomic E-state index is 0.812. The summed E-state index contributed by atoms with van der Waals surface area (Å²) in [5.41, 5.74) is 0. The van der Waals surface area contributed by atoms with Gasteiger partial charge in [-0.3, -0.25) is 0 Å². The van der Waals surface area contributed by atoms with Crippen LogP contribution in [0.15, 0.2) is 36.7 Å². The van der Waals surface area contributed by atoms with Gasteiger partial charge in [-0.05, 0) is 24.6 Å². The molecule has 3 rings (SSSR count). The van der Waals surface area contributed by atoms with E-state index in [4.69, 9.17) is 0 Å². The maximum atomic E-state index is 4.64. The zero-order valence-electron chi connectivity index (χ0n) is 13.6. The third-order valence-electron chi connectivity index (χ3n) is 4.02. The zero-order chi connectivity index (χ0) is 15.9. The molecule has 0 amide bonds. The van der Waals surface area contributed by atoms with Crippen molar-refractivity contribution in [1.82, 2.24) is 15.0 Å². The van der Waals surface area contributed by atoms with Crippen molar-refractivity contribution < 1.29 is 0 Å². The summed E-state index contributed by atoms with van der Waals surface area (Å²) in [6, 6.07) is 7.97. The lowest BCUT2D eigenvalue weighted by molar-refractivity contribution is 0.635. The molecular weight excluding hydrogens is 288 g/mol. The van der Waals surface area contributed by atoms with E-state index in [1.807, 2.05) is 30.6 Å². The first-order valence-electron chi connectivity index (χ1n) is 8.34. The normalized spacial score (nSPS) is 14.8. The van der Waals surface area contributed by atoms with Gasteiger partial charge in [0.25, 0.3) is 0 Å². The lowest BCUT2D eigenvalue weighted by Gasteiger charge is -2.35. The first-order chi connectivity index (χ1) is 11.4. The van der Waals surface area contributed by atoms with E-state index in [0.717, 1.165) is 56.7 Å². The molecule has 0 spiro atoms. The van der Waals surface area contributed by atoms with Crippen LogP contribution in [0, 0.1) is 0 Å². The van der Waals surface area contributed by atoms with Gasteiger partial charge in [0.05, 0.1) is 0 Å². The van der Waals surface area contributed by atoms with Gasteiger partial charge in [-0.25, -0.2) is 9.97 Å². The predicted molar refractivity (Wildman–Crippen MR) is 94.1 cm³/mol. The number of nitrogens with zero attached hydrogens (tertiary/aromatic N) is 5. The lowest BCUT2D eigenvalue weighted by atomic mass is 10.3. The molecule has 0 unspecified atom stereocenters. The van der Waals surface area contributed by atoms with Crippen molar-refractivity contribution >= 4 is 17.6 Å².